The third-order valence-electron chi connectivity index (χ3n) is 3.14. The molecule has 114 valence electrons. The van der Waals surface area contributed by atoms with Crippen LogP contribution in [0, 0.1) is 24.0 Å². The molecule has 0 aromatic heterocycles. The minimum absolute atomic E-state index is 0.0300. The van der Waals surface area contributed by atoms with Gasteiger partial charge in [0.15, 0.2) is 6.61 Å². The second kappa shape index (κ2) is 6.71. The highest BCUT2D eigenvalue weighted by Gasteiger charge is 2.12. The quantitative estimate of drug-likeness (QED) is 0.679. The molecule has 0 atom stereocenters. The molecule has 2 rings (SSSR count). The number of rotatable bonds is 5. The first-order valence-corrected chi connectivity index (χ1v) is 6.70. The largest absolute Gasteiger partial charge is 0.483 e. The number of anilines is 1. The summed E-state index contributed by atoms with van der Waals surface area (Å²) in [6.07, 6.45) is 0. The van der Waals surface area contributed by atoms with E-state index in [-0.39, 0.29) is 18.2 Å². The number of nitro benzene ring substituents is 1. The van der Waals surface area contributed by atoms with Gasteiger partial charge in [-0.25, -0.2) is 0 Å². The molecule has 0 unspecified atom stereocenters. The number of carbonyl (C=O) groups is 1. The highest BCUT2D eigenvalue weighted by molar-refractivity contribution is 5.92. The number of para-hydroxylation sites is 1. The van der Waals surface area contributed by atoms with Crippen molar-refractivity contribution in [2.75, 3.05) is 11.9 Å². The molecule has 0 radical (unpaired) electrons. The fourth-order valence-corrected chi connectivity index (χ4v) is 1.94. The molecule has 0 spiro atoms. The van der Waals surface area contributed by atoms with Gasteiger partial charge in [-0.3, -0.25) is 14.9 Å². The maximum atomic E-state index is 11.9. The van der Waals surface area contributed by atoms with Gasteiger partial charge in [-0.05, 0) is 31.5 Å². The van der Waals surface area contributed by atoms with Crippen molar-refractivity contribution in [1.82, 2.24) is 0 Å². The summed E-state index contributed by atoms with van der Waals surface area (Å²) >= 11 is 0. The van der Waals surface area contributed by atoms with Crippen LogP contribution in [0.5, 0.6) is 5.75 Å². The molecule has 6 heteroatoms. The number of hydrogen-bond acceptors (Lipinski definition) is 4. The number of hydrogen-bond donors (Lipinski definition) is 1. The highest BCUT2D eigenvalue weighted by Crippen LogP contribution is 2.22. The van der Waals surface area contributed by atoms with E-state index in [2.05, 4.69) is 5.32 Å². The third kappa shape index (κ3) is 3.82. The standard InChI is InChI=1S/C16H16N2O4/c1-11-7-8-13(9-14(11)18(20)21)17-16(19)10-22-15-6-4-3-5-12(15)2/h3-9H,10H2,1-2H3,(H,17,19). The minimum Gasteiger partial charge on any atom is -0.483 e. The molecule has 0 heterocycles. The Kier molecular flexibility index (Phi) is 4.73. The van der Waals surface area contributed by atoms with Crippen molar-refractivity contribution in [2.24, 2.45) is 0 Å². The highest BCUT2D eigenvalue weighted by atomic mass is 16.6. The van der Waals surface area contributed by atoms with E-state index in [1.807, 2.05) is 25.1 Å². The van der Waals surface area contributed by atoms with Crippen LogP contribution in [0.1, 0.15) is 11.1 Å². The maximum Gasteiger partial charge on any atom is 0.274 e. The summed E-state index contributed by atoms with van der Waals surface area (Å²) < 4.78 is 5.43. The van der Waals surface area contributed by atoms with Crippen molar-refractivity contribution in [3.05, 3.63) is 63.7 Å². The zero-order valence-electron chi connectivity index (χ0n) is 12.3. The Bertz CT molecular complexity index is 713. The van der Waals surface area contributed by atoms with Crippen molar-refractivity contribution < 1.29 is 14.5 Å². The van der Waals surface area contributed by atoms with Gasteiger partial charge in [0.2, 0.25) is 0 Å². The second-order valence-electron chi connectivity index (χ2n) is 4.86. The van der Waals surface area contributed by atoms with Crippen LogP contribution in [0.25, 0.3) is 0 Å². The van der Waals surface area contributed by atoms with E-state index in [9.17, 15) is 14.9 Å². The summed E-state index contributed by atoms with van der Waals surface area (Å²) in [4.78, 5) is 22.3. The summed E-state index contributed by atoms with van der Waals surface area (Å²) in [5, 5.41) is 13.5. The van der Waals surface area contributed by atoms with Gasteiger partial charge in [-0.15, -0.1) is 0 Å². The average Bonchev–Trinajstić information content (AvgIpc) is 2.48. The number of amides is 1. The SMILES string of the molecule is Cc1ccccc1OCC(=O)Nc1ccc(C)c([N+](=O)[O-])c1. The second-order valence-corrected chi connectivity index (χ2v) is 4.86. The molecule has 0 aliphatic carbocycles. The Morgan fingerprint density at radius 2 is 1.91 bits per heavy atom. The molecule has 0 bridgehead atoms. The van der Waals surface area contributed by atoms with Crippen molar-refractivity contribution >= 4 is 17.3 Å². The van der Waals surface area contributed by atoms with Crippen LogP contribution in [-0.2, 0) is 4.79 Å². The molecule has 0 aliphatic rings. The van der Waals surface area contributed by atoms with E-state index in [4.69, 9.17) is 4.74 Å². The molecule has 0 saturated carbocycles. The zero-order chi connectivity index (χ0) is 16.1. The number of aryl methyl sites for hydroxylation is 2. The third-order valence-corrected chi connectivity index (χ3v) is 3.14. The topological polar surface area (TPSA) is 81.5 Å². The lowest BCUT2D eigenvalue weighted by Crippen LogP contribution is -2.20. The predicted molar refractivity (Wildman–Crippen MR) is 83.1 cm³/mol. The molecule has 0 aliphatic heterocycles. The lowest BCUT2D eigenvalue weighted by molar-refractivity contribution is -0.385. The molecule has 22 heavy (non-hydrogen) atoms. The molecular weight excluding hydrogens is 284 g/mol. The first kappa shape index (κ1) is 15.5. The zero-order valence-corrected chi connectivity index (χ0v) is 12.3. The number of nitrogens with one attached hydrogen (secondary N) is 1. The van der Waals surface area contributed by atoms with Crippen LogP contribution in [0.3, 0.4) is 0 Å². The predicted octanol–water partition coefficient (Wildman–Crippen LogP) is 3.23. The normalized spacial score (nSPS) is 10.1. The van der Waals surface area contributed by atoms with Gasteiger partial charge >= 0.3 is 0 Å². The Balaban J connectivity index is 1.99. The number of nitro groups is 1. The number of carbonyl (C=O) groups excluding carboxylic acids is 1. The van der Waals surface area contributed by atoms with E-state index in [1.54, 1.807) is 25.1 Å². The average molecular weight is 300 g/mol. The Morgan fingerprint density at radius 1 is 1.18 bits per heavy atom. The fraction of sp³-hybridized carbons (Fsp3) is 0.188. The van der Waals surface area contributed by atoms with Gasteiger partial charge in [0.1, 0.15) is 5.75 Å². The number of nitrogens with zero attached hydrogens (tertiary/aromatic N) is 1. The van der Waals surface area contributed by atoms with Gasteiger partial charge in [0, 0.05) is 17.3 Å². The van der Waals surface area contributed by atoms with Gasteiger partial charge in [0.25, 0.3) is 11.6 Å². The summed E-state index contributed by atoms with van der Waals surface area (Å²) in [5.41, 5.74) is 1.81. The van der Waals surface area contributed by atoms with Crippen LogP contribution < -0.4 is 10.1 Å². The van der Waals surface area contributed by atoms with E-state index >= 15 is 0 Å². The Labute approximate surface area is 127 Å². The van der Waals surface area contributed by atoms with Crippen LogP contribution in [-0.4, -0.2) is 17.4 Å². The van der Waals surface area contributed by atoms with Gasteiger partial charge < -0.3 is 10.1 Å². The Morgan fingerprint density at radius 3 is 2.59 bits per heavy atom. The minimum atomic E-state index is -0.477. The molecule has 0 saturated heterocycles. The van der Waals surface area contributed by atoms with Crippen LogP contribution >= 0.6 is 0 Å². The molecule has 1 amide bonds. The number of benzene rings is 2. The van der Waals surface area contributed by atoms with E-state index < -0.39 is 4.92 Å². The van der Waals surface area contributed by atoms with Crippen LogP contribution in [0.4, 0.5) is 11.4 Å². The van der Waals surface area contributed by atoms with Crippen molar-refractivity contribution in [2.45, 2.75) is 13.8 Å². The molecule has 2 aromatic rings. The van der Waals surface area contributed by atoms with E-state index in [0.29, 0.717) is 17.0 Å². The van der Waals surface area contributed by atoms with Gasteiger partial charge in [-0.1, -0.05) is 24.3 Å². The van der Waals surface area contributed by atoms with E-state index in [1.165, 1.54) is 6.07 Å². The smallest absolute Gasteiger partial charge is 0.274 e. The van der Waals surface area contributed by atoms with Crippen LogP contribution in [0.2, 0.25) is 0 Å². The first-order chi connectivity index (χ1) is 10.5. The summed E-state index contributed by atoms with van der Waals surface area (Å²) in [7, 11) is 0. The van der Waals surface area contributed by atoms with Gasteiger partial charge in [0.05, 0.1) is 4.92 Å². The van der Waals surface area contributed by atoms with Crippen molar-refractivity contribution in [3.63, 3.8) is 0 Å². The summed E-state index contributed by atoms with van der Waals surface area (Å²) in [6.45, 7) is 3.37. The molecule has 1 N–H and O–H groups in total. The Hall–Kier alpha value is -2.89. The van der Waals surface area contributed by atoms with Crippen LogP contribution in [0.15, 0.2) is 42.5 Å². The monoisotopic (exact) mass is 300 g/mol. The first-order valence-electron chi connectivity index (χ1n) is 6.70. The molecule has 0 fully saturated rings. The molecule has 6 nitrogen and oxygen atoms in total. The lowest BCUT2D eigenvalue weighted by Gasteiger charge is -2.09. The fourth-order valence-electron chi connectivity index (χ4n) is 1.94. The van der Waals surface area contributed by atoms with Gasteiger partial charge in [-0.2, -0.15) is 0 Å². The molecule has 2 aromatic carbocycles. The summed E-state index contributed by atoms with van der Waals surface area (Å²) in [6, 6.07) is 11.9. The van der Waals surface area contributed by atoms with E-state index in [0.717, 1.165) is 5.56 Å². The molecular formula is C16H16N2O4. The van der Waals surface area contributed by atoms with Crippen molar-refractivity contribution in [1.29, 1.82) is 0 Å². The maximum absolute atomic E-state index is 11.9. The summed E-state index contributed by atoms with van der Waals surface area (Å²) in [5.74, 6) is 0.258. The van der Waals surface area contributed by atoms with Crippen molar-refractivity contribution in [3.8, 4) is 5.75 Å². The lowest BCUT2D eigenvalue weighted by atomic mass is 10.2. The number of ether oxygens (including phenoxy) is 1.